The van der Waals surface area contributed by atoms with E-state index < -0.39 is 0 Å². The molecule has 0 saturated heterocycles. The molecule has 0 bridgehead atoms. The molecule has 0 nitrogen and oxygen atoms in total. The lowest BCUT2D eigenvalue weighted by atomic mass is 9.85. The third kappa shape index (κ3) is 4.78. The van der Waals surface area contributed by atoms with Gasteiger partial charge in [0.1, 0.15) is 0 Å². The van der Waals surface area contributed by atoms with Crippen LogP contribution in [-0.2, 0) is 0 Å². The minimum absolute atomic E-state index is 1.26. The maximum absolute atomic E-state index is 2.33. The van der Waals surface area contributed by atoms with Gasteiger partial charge in [0.05, 0.1) is 0 Å². The third-order valence-electron chi connectivity index (χ3n) is 11.4. The SMILES string of the molecule is c1cc2cccc3c4cccc5cccc(c(c1)c23)c54.c1ccc2cc(-c3c4ccccc4c(-c4ccc5ccccc5c4)c4ccccc34)ccc2c1. The number of hydrogen-bond acceptors (Lipinski definition) is 0. The van der Waals surface area contributed by atoms with Crippen LogP contribution < -0.4 is 0 Å². The second-order valence-corrected chi connectivity index (χ2v) is 14.4. The van der Waals surface area contributed by atoms with Crippen molar-refractivity contribution in [3.63, 3.8) is 0 Å². The molecule has 0 N–H and O–H groups in total. The molecule has 0 radical (unpaired) electrons. The van der Waals surface area contributed by atoms with E-state index in [1.54, 1.807) is 0 Å². The second-order valence-electron chi connectivity index (χ2n) is 14.4. The topological polar surface area (TPSA) is 0 Å². The molecule has 0 saturated carbocycles. The fourth-order valence-corrected chi connectivity index (χ4v) is 9.02. The van der Waals surface area contributed by atoms with Crippen molar-refractivity contribution >= 4 is 86.2 Å². The van der Waals surface area contributed by atoms with E-state index in [1.165, 1.54) is 108 Å². The van der Waals surface area contributed by atoms with Gasteiger partial charge in [0.15, 0.2) is 0 Å². The van der Waals surface area contributed by atoms with E-state index in [4.69, 9.17) is 0 Å². The van der Waals surface area contributed by atoms with E-state index in [9.17, 15) is 0 Å². The van der Waals surface area contributed by atoms with E-state index in [-0.39, 0.29) is 0 Å². The Labute approximate surface area is 313 Å². The molecule has 12 aromatic carbocycles. The summed E-state index contributed by atoms with van der Waals surface area (Å²) in [4.78, 5) is 0. The van der Waals surface area contributed by atoms with Crippen LogP contribution in [0.5, 0.6) is 0 Å². The minimum Gasteiger partial charge on any atom is -0.0616 e. The van der Waals surface area contributed by atoms with Crippen LogP contribution in [0, 0.1) is 0 Å². The predicted molar refractivity (Wildman–Crippen MR) is 235 cm³/mol. The highest BCUT2D eigenvalue weighted by Gasteiger charge is 2.17. The molecule has 0 heteroatoms. The number of rotatable bonds is 2. The third-order valence-corrected chi connectivity index (χ3v) is 11.4. The van der Waals surface area contributed by atoms with Crippen molar-refractivity contribution in [2.75, 3.05) is 0 Å². The molecule has 0 aliphatic heterocycles. The summed E-state index contributed by atoms with van der Waals surface area (Å²) in [6.07, 6.45) is 0. The highest BCUT2D eigenvalue weighted by molar-refractivity contribution is 6.32. The smallest absolute Gasteiger partial charge is 0.00262 e. The van der Waals surface area contributed by atoms with Crippen molar-refractivity contribution in [1.82, 2.24) is 0 Å². The van der Waals surface area contributed by atoms with E-state index in [1.807, 2.05) is 0 Å². The average molecular weight is 683 g/mol. The van der Waals surface area contributed by atoms with Gasteiger partial charge in [0.25, 0.3) is 0 Å². The lowest BCUT2D eigenvalue weighted by molar-refractivity contribution is 1.68. The summed E-state index contributed by atoms with van der Waals surface area (Å²) in [5, 5.41) is 21.1. The first-order chi connectivity index (χ1) is 26.8. The first-order valence-electron chi connectivity index (χ1n) is 18.8. The fraction of sp³-hybridized carbons (Fsp3) is 0. The summed E-state index contributed by atoms with van der Waals surface area (Å²) in [6.45, 7) is 0. The van der Waals surface area contributed by atoms with Gasteiger partial charge in [-0.3, -0.25) is 0 Å². The molecule has 0 spiro atoms. The van der Waals surface area contributed by atoms with E-state index in [0.29, 0.717) is 0 Å². The van der Waals surface area contributed by atoms with E-state index in [0.717, 1.165) is 0 Å². The summed E-state index contributed by atoms with van der Waals surface area (Å²) in [5.41, 5.74) is 5.13. The van der Waals surface area contributed by atoms with Crippen molar-refractivity contribution in [3.8, 4) is 22.3 Å². The van der Waals surface area contributed by atoms with Gasteiger partial charge in [-0.05, 0) is 121 Å². The second kappa shape index (κ2) is 12.3. The molecular formula is C54H34. The zero-order valence-electron chi connectivity index (χ0n) is 29.6. The summed E-state index contributed by atoms with van der Waals surface area (Å²) in [5.74, 6) is 0. The van der Waals surface area contributed by atoms with Crippen LogP contribution >= 0.6 is 0 Å². The van der Waals surface area contributed by atoms with E-state index >= 15 is 0 Å². The van der Waals surface area contributed by atoms with Crippen molar-refractivity contribution in [2.24, 2.45) is 0 Å². The molecule has 250 valence electrons. The summed E-state index contributed by atoms with van der Waals surface area (Å²) in [6, 6.07) is 75.1. The molecule has 0 aromatic heterocycles. The molecule has 12 rings (SSSR count). The molecular weight excluding hydrogens is 649 g/mol. The van der Waals surface area contributed by atoms with Crippen LogP contribution in [0.15, 0.2) is 206 Å². The quantitative estimate of drug-likeness (QED) is 0.126. The Morgan fingerprint density at radius 3 is 0.815 bits per heavy atom. The van der Waals surface area contributed by atoms with Crippen LogP contribution in [-0.4, -0.2) is 0 Å². The van der Waals surface area contributed by atoms with Gasteiger partial charge in [-0.15, -0.1) is 0 Å². The monoisotopic (exact) mass is 682 g/mol. The largest absolute Gasteiger partial charge is 0.0616 e. The summed E-state index contributed by atoms with van der Waals surface area (Å²) in [7, 11) is 0. The average Bonchev–Trinajstić information content (AvgIpc) is 3.24. The van der Waals surface area contributed by atoms with Gasteiger partial charge in [0.2, 0.25) is 0 Å². The Morgan fingerprint density at radius 1 is 0.185 bits per heavy atom. The standard InChI is InChI=1S/C34H22.C20H12/c1-3-11-25-21-27(19-17-23(25)9-1)33-29-13-5-7-15-31(29)34(32-16-8-6-14-30(32)33)28-20-18-24-10-2-4-12-26(24)22-28;1-5-13-6-2-11-17-18-12-4-8-14-7-3-10-16(20(14)18)15(9-1)19(13)17/h1-22H;1-12H. The zero-order chi connectivity index (χ0) is 35.6. The van der Waals surface area contributed by atoms with Crippen molar-refractivity contribution in [2.45, 2.75) is 0 Å². The fourth-order valence-electron chi connectivity index (χ4n) is 9.02. The Bertz CT molecular complexity index is 3020. The molecule has 0 amide bonds. The van der Waals surface area contributed by atoms with Crippen LogP contribution in [0.3, 0.4) is 0 Å². The molecule has 54 heavy (non-hydrogen) atoms. The number of benzene rings is 12. The molecule has 0 unspecified atom stereocenters. The summed E-state index contributed by atoms with van der Waals surface area (Å²) < 4.78 is 0. The van der Waals surface area contributed by atoms with Gasteiger partial charge in [-0.1, -0.05) is 194 Å². The lowest BCUT2D eigenvalue weighted by Gasteiger charge is -2.18. The first kappa shape index (κ1) is 30.6. The molecule has 12 aromatic rings. The molecule has 0 aliphatic rings. The van der Waals surface area contributed by atoms with Crippen molar-refractivity contribution in [1.29, 1.82) is 0 Å². The number of fused-ring (bicyclic) bond motifs is 6. The Balaban J connectivity index is 0.000000144. The van der Waals surface area contributed by atoms with Gasteiger partial charge < -0.3 is 0 Å². The van der Waals surface area contributed by atoms with Gasteiger partial charge in [-0.25, -0.2) is 0 Å². The predicted octanol–water partition coefficient (Wildman–Crippen LogP) is 15.4. The van der Waals surface area contributed by atoms with Crippen LogP contribution in [0.4, 0.5) is 0 Å². The minimum atomic E-state index is 1.26. The van der Waals surface area contributed by atoms with Gasteiger partial charge in [0, 0.05) is 0 Å². The maximum atomic E-state index is 2.33. The van der Waals surface area contributed by atoms with Crippen molar-refractivity contribution < 1.29 is 0 Å². The molecule has 0 atom stereocenters. The Kier molecular flexibility index (Phi) is 6.97. The van der Waals surface area contributed by atoms with Crippen LogP contribution in [0.25, 0.3) is 108 Å². The zero-order valence-corrected chi connectivity index (χ0v) is 29.6. The summed E-state index contributed by atoms with van der Waals surface area (Å²) >= 11 is 0. The molecule has 0 aliphatic carbocycles. The Hall–Kier alpha value is -7.02. The normalized spacial score (nSPS) is 11.7. The lowest BCUT2D eigenvalue weighted by Crippen LogP contribution is -1.91. The number of hydrogen-bond donors (Lipinski definition) is 0. The Morgan fingerprint density at radius 2 is 0.463 bits per heavy atom. The molecule has 0 heterocycles. The maximum Gasteiger partial charge on any atom is -0.00262 e. The first-order valence-corrected chi connectivity index (χ1v) is 18.8. The highest BCUT2D eigenvalue weighted by Crippen LogP contribution is 2.45. The van der Waals surface area contributed by atoms with Gasteiger partial charge >= 0.3 is 0 Å². The van der Waals surface area contributed by atoms with E-state index in [2.05, 4.69) is 206 Å². The molecule has 0 fully saturated rings. The van der Waals surface area contributed by atoms with Gasteiger partial charge in [-0.2, -0.15) is 0 Å². The van der Waals surface area contributed by atoms with Crippen LogP contribution in [0.1, 0.15) is 0 Å². The highest BCUT2D eigenvalue weighted by atomic mass is 14.2. The van der Waals surface area contributed by atoms with Crippen molar-refractivity contribution in [3.05, 3.63) is 206 Å². The van der Waals surface area contributed by atoms with Crippen LogP contribution in [0.2, 0.25) is 0 Å².